The van der Waals surface area contributed by atoms with E-state index in [4.69, 9.17) is 4.74 Å². The number of nitro groups is 2. The molecule has 0 heterocycles. The fraction of sp³-hybridized carbons (Fsp3) is 0.0769. The van der Waals surface area contributed by atoms with E-state index in [1.807, 2.05) is 62.4 Å². The maximum atomic E-state index is 11.4. The van der Waals surface area contributed by atoms with Crippen molar-refractivity contribution in [3.05, 3.63) is 116 Å². The first-order valence-corrected chi connectivity index (χ1v) is 10.2. The van der Waals surface area contributed by atoms with E-state index in [0.717, 1.165) is 22.3 Å². The summed E-state index contributed by atoms with van der Waals surface area (Å²) in [7, 11) is 0. The van der Waals surface area contributed by atoms with Crippen LogP contribution in [0.1, 0.15) is 11.1 Å². The molecule has 0 aliphatic carbocycles. The van der Waals surface area contributed by atoms with Gasteiger partial charge in [-0.15, -0.1) is 0 Å². The van der Waals surface area contributed by atoms with Crippen LogP contribution in [0.4, 0.5) is 11.4 Å². The number of aryl methyl sites for hydroxylation is 2. The Kier molecular flexibility index (Phi) is 5.87. The van der Waals surface area contributed by atoms with E-state index in [1.165, 1.54) is 24.3 Å². The Bertz CT molecular complexity index is 1280. The quantitative estimate of drug-likeness (QED) is 0.232. The molecule has 0 saturated carbocycles. The van der Waals surface area contributed by atoms with Gasteiger partial charge in [0.15, 0.2) is 0 Å². The summed E-state index contributed by atoms with van der Waals surface area (Å²) in [5.41, 5.74) is 4.55. The highest BCUT2D eigenvalue weighted by molar-refractivity contribution is 5.77. The van der Waals surface area contributed by atoms with Gasteiger partial charge in [0.2, 0.25) is 0 Å². The molecule has 0 amide bonds. The first-order valence-electron chi connectivity index (χ1n) is 10.2. The number of non-ortho nitro benzene ring substituents is 2. The summed E-state index contributed by atoms with van der Waals surface area (Å²) < 4.78 is 6.25. The summed E-state index contributed by atoms with van der Waals surface area (Å²) in [6.07, 6.45) is 0. The predicted octanol–water partition coefficient (Wildman–Crippen LogP) is 7.25. The zero-order valence-corrected chi connectivity index (χ0v) is 18.0. The number of ether oxygens (including phenoxy) is 1. The van der Waals surface area contributed by atoms with Crippen LogP contribution < -0.4 is 4.74 Å². The molecule has 7 heteroatoms. The van der Waals surface area contributed by atoms with Gasteiger partial charge in [0.25, 0.3) is 11.4 Å². The number of nitrogens with zero attached hydrogens (tertiary/aromatic N) is 2. The molecule has 0 spiro atoms. The lowest BCUT2D eigenvalue weighted by Gasteiger charge is -2.15. The number of hydrogen-bond donors (Lipinski definition) is 0. The van der Waals surface area contributed by atoms with Gasteiger partial charge in [-0.3, -0.25) is 20.2 Å². The smallest absolute Gasteiger partial charge is 0.270 e. The average molecular weight is 440 g/mol. The van der Waals surface area contributed by atoms with Gasteiger partial charge in [0.05, 0.1) is 9.85 Å². The minimum absolute atomic E-state index is 0.0542. The zero-order valence-electron chi connectivity index (χ0n) is 18.0. The van der Waals surface area contributed by atoms with Gasteiger partial charge in [-0.1, -0.05) is 59.7 Å². The van der Waals surface area contributed by atoms with E-state index in [-0.39, 0.29) is 11.4 Å². The van der Waals surface area contributed by atoms with Gasteiger partial charge >= 0.3 is 0 Å². The van der Waals surface area contributed by atoms with Crippen LogP contribution in [-0.2, 0) is 0 Å². The van der Waals surface area contributed by atoms with Crippen LogP contribution in [0.25, 0.3) is 22.3 Å². The first-order chi connectivity index (χ1) is 15.8. The minimum Gasteiger partial charge on any atom is -0.456 e. The van der Waals surface area contributed by atoms with Crippen molar-refractivity contribution in [1.82, 2.24) is 0 Å². The van der Waals surface area contributed by atoms with Crippen LogP contribution >= 0.6 is 0 Å². The minimum atomic E-state index is -0.451. The van der Waals surface area contributed by atoms with Gasteiger partial charge < -0.3 is 4.74 Å². The predicted molar refractivity (Wildman–Crippen MR) is 127 cm³/mol. The number of rotatable bonds is 6. The molecule has 4 aromatic rings. The Morgan fingerprint density at radius 1 is 0.606 bits per heavy atom. The lowest BCUT2D eigenvalue weighted by molar-refractivity contribution is -0.385. The van der Waals surface area contributed by atoms with E-state index >= 15 is 0 Å². The van der Waals surface area contributed by atoms with E-state index in [1.54, 1.807) is 12.1 Å². The lowest BCUT2D eigenvalue weighted by Crippen LogP contribution is -1.96. The van der Waals surface area contributed by atoms with Crippen molar-refractivity contribution in [3.63, 3.8) is 0 Å². The summed E-state index contributed by atoms with van der Waals surface area (Å²) in [6, 6.07) is 24.0. The summed E-state index contributed by atoms with van der Waals surface area (Å²) in [4.78, 5) is 21.9. The largest absolute Gasteiger partial charge is 0.456 e. The second kappa shape index (κ2) is 8.92. The molecule has 0 saturated heterocycles. The molecule has 0 aromatic heterocycles. The molecule has 0 aliphatic heterocycles. The summed E-state index contributed by atoms with van der Waals surface area (Å²) >= 11 is 0. The zero-order chi connectivity index (χ0) is 23.5. The number of hydrogen-bond acceptors (Lipinski definition) is 5. The SMILES string of the molecule is Cc1cccc(-c2cc([N+](=O)[O-])ccc2Oc2ccc([N+](=O)[O-])cc2-c2cccc(C)c2)c1. The van der Waals surface area contributed by atoms with E-state index in [0.29, 0.717) is 22.6 Å². The van der Waals surface area contributed by atoms with E-state index in [9.17, 15) is 20.2 Å². The molecule has 0 aliphatic rings. The molecule has 164 valence electrons. The topological polar surface area (TPSA) is 95.5 Å². The first kappa shape index (κ1) is 21.7. The van der Waals surface area contributed by atoms with Crippen molar-refractivity contribution in [3.8, 4) is 33.8 Å². The third-order valence-electron chi connectivity index (χ3n) is 5.23. The maximum absolute atomic E-state index is 11.4. The third-order valence-corrected chi connectivity index (χ3v) is 5.23. The van der Waals surface area contributed by atoms with Crippen LogP contribution in [0, 0.1) is 34.1 Å². The molecule has 0 fully saturated rings. The van der Waals surface area contributed by atoms with Gasteiger partial charge in [0.1, 0.15) is 11.5 Å². The Morgan fingerprint density at radius 2 is 1.03 bits per heavy atom. The molecule has 0 radical (unpaired) electrons. The molecule has 4 aromatic carbocycles. The van der Waals surface area contributed by atoms with Crippen LogP contribution in [-0.4, -0.2) is 9.85 Å². The molecule has 0 N–H and O–H groups in total. The molecular formula is C26H20N2O5. The monoisotopic (exact) mass is 440 g/mol. The van der Waals surface area contributed by atoms with Crippen LogP contribution in [0.3, 0.4) is 0 Å². The molecule has 33 heavy (non-hydrogen) atoms. The lowest BCUT2D eigenvalue weighted by atomic mass is 10.0. The van der Waals surface area contributed by atoms with Gasteiger partial charge in [0, 0.05) is 35.4 Å². The van der Waals surface area contributed by atoms with Crippen LogP contribution in [0.2, 0.25) is 0 Å². The normalized spacial score (nSPS) is 10.6. The second-order valence-corrected chi connectivity index (χ2v) is 7.72. The molecule has 4 rings (SSSR count). The third kappa shape index (κ3) is 4.72. The summed E-state index contributed by atoms with van der Waals surface area (Å²) in [5, 5.41) is 22.8. The maximum Gasteiger partial charge on any atom is 0.270 e. The Morgan fingerprint density at radius 3 is 1.39 bits per heavy atom. The number of nitro benzene ring substituents is 2. The Hall–Kier alpha value is -4.52. The number of benzene rings is 4. The Labute approximate surface area is 190 Å². The van der Waals surface area contributed by atoms with Gasteiger partial charge in [-0.2, -0.15) is 0 Å². The molecule has 0 bridgehead atoms. The highest BCUT2D eigenvalue weighted by Crippen LogP contribution is 2.41. The van der Waals surface area contributed by atoms with E-state index in [2.05, 4.69) is 0 Å². The van der Waals surface area contributed by atoms with Crippen molar-refractivity contribution in [2.75, 3.05) is 0 Å². The van der Waals surface area contributed by atoms with Crippen molar-refractivity contribution in [2.45, 2.75) is 13.8 Å². The molecule has 0 atom stereocenters. The van der Waals surface area contributed by atoms with Gasteiger partial charge in [-0.05, 0) is 37.1 Å². The van der Waals surface area contributed by atoms with Crippen molar-refractivity contribution in [2.24, 2.45) is 0 Å². The van der Waals surface area contributed by atoms with Crippen molar-refractivity contribution < 1.29 is 14.6 Å². The molecule has 7 nitrogen and oxygen atoms in total. The fourth-order valence-electron chi connectivity index (χ4n) is 3.64. The summed E-state index contributed by atoms with van der Waals surface area (Å²) in [5.74, 6) is 0.822. The van der Waals surface area contributed by atoms with Crippen molar-refractivity contribution in [1.29, 1.82) is 0 Å². The molecule has 0 unspecified atom stereocenters. The summed E-state index contributed by atoms with van der Waals surface area (Å²) in [6.45, 7) is 3.88. The second-order valence-electron chi connectivity index (χ2n) is 7.72. The van der Waals surface area contributed by atoms with Crippen LogP contribution in [0.15, 0.2) is 84.9 Å². The Balaban J connectivity index is 1.87. The van der Waals surface area contributed by atoms with Crippen LogP contribution in [0.5, 0.6) is 11.5 Å². The average Bonchev–Trinajstić information content (AvgIpc) is 2.79. The van der Waals surface area contributed by atoms with Gasteiger partial charge in [-0.25, -0.2) is 0 Å². The van der Waals surface area contributed by atoms with E-state index < -0.39 is 9.85 Å². The standard InChI is InChI=1S/C26H20N2O5/c1-17-5-3-7-19(13-17)23-15-21(27(29)30)9-11-25(23)33-26-12-10-22(28(31)32)16-24(26)20-8-4-6-18(2)14-20/h3-16H,1-2H3. The highest BCUT2D eigenvalue weighted by Gasteiger charge is 2.18. The molecular weight excluding hydrogens is 420 g/mol. The fourth-order valence-corrected chi connectivity index (χ4v) is 3.64. The van der Waals surface area contributed by atoms with Crippen molar-refractivity contribution >= 4 is 11.4 Å². The highest BCUT2D eigenvalue weighted by atomic mass is 16.6.